The van der Waals surface area contributed by atoms with Crippen LogP contribution in [-0.2, 0) is 4.74 Å². The molecule has 2 N–H and O–H groups in total. The predicted molar refractivity (Wildman–Crippen MR) is 67.8 cm³/mol. The Hall–Kier alpha value is -0.160. The molecule has 0 fully saturated rings. The fourth-order valence-electron chi connectivity index (χ4n) is 1.66. The van der Waals surface area contributed by atoms with Gasteiger partial charge in [0.1, 0.15) is 0 Å². The van der Waals surface area contributed by atoms with Gasteiger partial charge in [0.05, 0.1) is 6.61 Å². The molecule has 0 amide bonds. The summed E-state index contributed by atoms with van der Waals surface area (Å²) in [6.45, 7) is 7.26. The zero-order valence-electron chi connectivity index (χ0n) is 11.2. The number of hydrogen-bond acceptors (Lipinski definition) is 4. The van der Waals surface area contributed by atoms with Gasteiger partial charge in [-0.15, -0.1) is 0 Å². The molecule has 2 atom stereocenters. The highest BCUT2D eigenvalue weighted by atomic mass is 16.5. The molecule has 2 unspecified atom stereocenters. The molecule has 4 nitrogen and oxygen atoms in total. The maximum absolute atomic E-state index is 9.01. The third-order valence-electron chi connectivity index (χ3n) is 2.83. The maximum Gasteiger partial charge on any atom is 0.0615 e. The smallest absolute Gasteiger partial charge is 0.0615 e. The summed E-state index contributed by atoms with van der Waals surface area (Å²) in [7, 11) is 3.83. The third-order valence-corrected chi connectivity index (χ3v) is 2.83. The lowest BCUT2D eigenvalue weighted by atomic mass is 10.1. The highest BCUT2D eigenvalue weighted by molar-refractivity contribution is 4.73. The molecular formula is C12H28N2O2. The molecule has 98 valence electrons. The molecule has 0 rings (SSSR count). The van der Waals surface area contributed by atoms with Crippen molar-refractivity contribution in [3.63, 3.8) is 0 Å². The van der Waals surface area contributed by atoms with Crippen LogP contribution >= 0.6 is 0 Å². The predicted octanol–water partition coefficient (Wildman–Crippen LogP) is 0.704. The summed E-state index contributed by atoms with van der Waals surface area (Å²) in [5.74, 6) is 0. The van der Waals surface area contributed by atoms with Crippen LogP contribution in [0, 0.1) is 0 Å². The Morgan fingerprint density at radius 2 is 2.12 bits per heavy atom. The molecule has 0 radical (unpaired) electrons. The Bertz CT molecular complexity index is 156. The van der Waals surface area contributed by atoms with Crippen LogP contribution in [0.25, 0.3) is 0 Å². The van der Waals surface area contributed by atoms with E-state index in [1.54, 1.807) is 7.11 Å². The van der Waals surface area contributed by atoms with Gasteiger partial charge in [0.2, 0.25) is 0 Å². The summed E-state index contributed by atoms with van der Waals surface area (Å²) in [6, 6.07) is 0.781. The summed E-state index contributed by atoms with van der Waals surface area (Å²) in [6.07, 6.45) is 1.93. The van der Waals surface area contributed by atoms with Gasteiger partial charge < -0.3 is 15.2 Å². The number of aliphatic hydroxyl groups is 1. The van der Waals surface area contributed by atoms with Crippen LogP contribution in [0.2, 0.25) is 0 Å². The van der Waals surface area contributed by atoms with Crippen LogP contribution in [-0.4, -0.2) is 62.6 Å². The van der Waals surface area contributed by atoms with Crippen molar-refractivity contribution in [2.45, 2.75) is 38.8 Å². The van der Waals surface area contributed by atoms with Crippen LogP contribution in [0.1, 0.15) is 26.7 Å². The van der Waals surface area contributed by atoms with Gasteiger partial charge in [-0.05, 0) is 33.4 Å². The van der Waals surface area contributed by atoms with Crippen LogP contribution in [0.4, 0.5) is 0 Å². The second kappa shape index (κ2) is 10.0. The lowest BCUT2D eigenvalue weighted by Crippen LogP contribution is -2.44. The molecule has 0 spiro atoms. The monoisotopic (exact) mass is 232 g/mol. The van der Waals surface area contributed by atoms with Crippen LogP contribution in [0.15, 0.2) is 0 Å². The molecule has 0 aromatic carbocycles. The molecular weight excluding hydrogens is 204 g/mol. The Balaban J connectivity index is 3.94. The van der Waals surface area contributed by atoms with Crippen LogP contribution < -0.4 is 5.32 Å². The molecule has 16 heavy (non-hydrogen) atoms. The molecule has 0 saturated heterocycles. The van der Waals surface area contributed by atoms with E-state index < -0.39 is 0 Å². The Morgan fingerprint density at radius 1 is 1.44 bits per heavy atom. The first-order valence-electron chi connectivity index (χ1n) is 6.19. The normalized spacial score (nSPS) is 15.4. The molecule has 4 heteroatoms. The minimum atomic E-state index is 0.244. The van der Waals surface area contributed by atoms with Gasteiger partial charge in [-0.1, -0.05) is 6.92 Å². The van der Waals surface area contributed by atoms with E-state index >= 15 is 0 Å². The lowest BCUT2D eigenvalue weighted by molar-refractivity contribution is 0.106. The summed E-state index contributed by atoms with van der Waals surface area (Å²) < 4.78 is 5.14. The fourth-order valence-corrected chi connectivity index (χ4v) is 1.66. The van der Waals surface area contributed by atoms with Crippen molar-refractivity contribution in [2.24, 2.45) is 0 Å². The molecule has 0 aliphatic rings. The first-order chi connectivity index (χ1) is 7.65. The van der Waals surface area contributed by atoms with Crippen LogP contribution in [0.3, 0.4) is 0 Å². The van der Waals surface area contributed by atoms with E-state index in [-0.39, 0.29) is 6.61 Å². The van der Waals surface area contributed by atoms with Crippen LogP contribution in [0.5, 0.6) is 0 Å². The standard InChI is InChI=1S/C12H28N2O2/c1-5-7-13-12(6-8-15)9-14(3)11(2)10-16-4/h11-13,15H,5-10H2,1-4H3. The summed E-state index contributed by atoms with van der Waals surface area (Å²) in [4.78, 5) is 2.27. The molecule has 0 aromatic heterocycles. The lowest BCUT2D eigenvalue weighted by Gasteiger charge is -2.29. The second-order valence-corrected chi connectivity index (χ2v) is 4.41. The van der Waals surface area contributed by atoms with Gasteiger partial charge in [0.15, 0.2) is 0 Å². The molecule has 0 aliphatic heterocycles. The van der Waals surface area contributed by atoms with Gasteiger partial charge in [0.25, 0.3) is 0 Å². The number of aliphatic hydroxyl groups excluding tert-OH is 1. The number of nitrogens with zero attached hydrogens (tertiary/aromatic N) is 1. The number of methoxy groups -OCH3 is 1. The topological polar surface area (TPSA) is 44.7 Å². The number of rotatable bonds is 10. The van der Waals surface area contributed by atoms with Crippen molar-refractivity contribution >= 4 is 0 Å². The largest absolute Gasteiger partial charge is 0.396 e. The summed E-state index contributed by atoms with van der Waals surface area (Å²) in [5, 5.41) is 12.5. The highest BCUT2D eigenvalue weighted by Gasteiger charge is 2.14. The molecule has 0 heterocycles. The minimum Gasteiger partial charge on any atom is -0.396 e. The SMILES string of the molecule is CCCNC(CCO)CN(C)C(C)COC. The zero-order chi connectivity index (χ0) is 12.4. The van der Waals surface area contributed by atoms with E-state index in [0.717, 1.165) is 32.5 Å². The number of ether oxygens (including phenoxy) is 1. The molecule has 0 saturated carbocycles. The van der Waals surface area contributed by atoms with Gasteiger partial charge in [0, 0.05) is 32.3 Å². The Morgan fingerprint density at radius 3 is 2.62 bits per heavy atom. The highest BCUT2D eigenvalue weighted by Crippen LogP contribution is 2.01. The van der Waals surface area contributed by atoms with Crippen molar-refractivity contribution in [2.75, 3.05) is 40.5 Å². The average Bonchev–Trinajstić information content (AvgIpc) is 2.26. The molecule has 0 aromatic rings. The van der Waals surface area contributed by atoms with E-state index in [1.807, 2.05) is 0 Å². The van der Waals surface area contributed by atoms with E-state index in [0.29, 0.717) is 12.1 Å². The van der Waals surface area contributed by atoms with Crippen molar-refractivity contribution in [1.29, 1.82) is 0 Å². The first kappa shape index (κ1) is 15.8. The van der Waals surface area contributed by atoms with Gasteiger partial charge in [-0.3, -0.25) is 4.90 Å². The van der Waals surface area contributed by atoms with E-state index in [2.05, 4.69) is 31.1 Å². The second-order valence-electron chi connectivity index (χ2n) is 4.41. The van der Waals surface area contributed by atoms with E-state index in [9.17, 15) is 0 Å². The maximum atomic E-state index is 9.01. The van der Waals surface area contributed by atoms with Gasteiger partial charge >= 0.3 is 0 Å². The summed E-state index contributed by atoms with van der Waals surface area (Å²) >= 11 is 0. The molecule has 0 bridgehead atoms. The van der Waals surface area contributed by atoms with E-state index in [4.69, 9.17) is 9.84 Å². The number of nitrogens with one attached hydrogen (secondary N) is 1. The first-order valence-corrected chi connectivity index (χ1v) is 6.19. The van der Waals surface area contributed by atoms with Gasteiger partial charge in [-0.25, -0.2) is 0 Å². The third kappa shape index (κ3) is 7.17. The van der Waals surface area contributed by atoms with Crippen molar-refractivity contribution in [3.8, 4) is 0 Å². The van der Waals surface area contributed by atoms with Crippen molar-refractivity contribution in [3.05, 3.63) is 0 Å². The quantitative estimate of drug-likeness (QED) is 0.582. The average molecular weight is 232 g/mol. The minimum absolute atomic E-state index is 0.244. The fraction of sp³-hybridized carbons (Fsp3) is 1.00. The number of hydrogen-bond donors (Lipinski definition) is 2. The molecule has 0 aliphatic carbocycles. The van der Waals surface area contributed by atoms with E-state index in [1.165, 1.54) is 0 Å². The Kier molecular flexibility index (Phi) is 9.92. The van der Waals surface area contributed by atoms with Crippen molar-refractivity contribution < 1.29 is 9.84 Å². The summed E-state index contributed by atoms with van der Waals surface area (Å²) in [5.41, 5.74) is 0. The Labute approximate surface area is 100.0 Å². The van der Waals surface area contributed by atoms with Gasteiger partial charge in [-0.2, -0.15) is 0 Å². The zero-order valence-corrected chi connectivity index (χ0v) is 11.2. The van der Waals surface area contributed by atoms with Crippen molar-refractivity contribution in [1.82, 2.24) is 10.2 Å². The number of likely N-dealkylation sites (N-methyl/N-ethyl adjacent to an activating group) is 1.